The van der Waals surface area contributed by atoms with Crippen molar-refractivity contribution in [3.63, 3.8) is 0 Å². The molecule has 0 aliphatic carbocycles. The van der Waals surface area contributed by atoms with Gasteiger partial charge in [-0.2, -0.15) is 0 Å². The molecule has 1 aliphatic rings. The summed E-state index contributed by atoms with van der Waals surface area (Å²) in [7, 11) is 4.62. The van der Waals surface area contributed by atoms with Gasteiger partial charge < -0.3 is 9.05 Å². The number of fused-ring (bicyclic) bond motifs is 3. The van der Waals surface area contributed by atoms with E-state index >= 15 is 0 Å². The molecule has 0 spiro atoms. The number of hydrogen-bond donors (Lipinski definition) is 0. The molecule has 3 aromatic rings. The predicted molar refractivity (Wildman–Crippen MR) is 100.0 cm³/mol. The van der Waals surface area contributed by atoms with Crippen LogP contribution in [0.25, 0.3) is 21.8 Å². The van der Waals surface area contributed by atoms with E-state index in [1.807, 2.05) is 0 Å². The van der Waals surface area contributed by atoms with Gasteiger partial charge in [0.1, 0.15) is 5.52 Å². The molecule has 3 heterocycles. The number of quaternary nitrogens is 1. The van der Waals surface area contributed by atoms with Gasteiger partial charge in [-0.05, 0) is 6.07 Å². The molecule has 1 aliphatic heterocycles. The first-order chi connectivity index (χ1) is 11.6. The summed E-state index contributed by atoms with van der Waals surface area (Å²) in [6.07, 6.45) is 6.36. The molecule has 1 aromatic carbocycles. The van der Waals surface area contributed by atoms with Crippen molar-refractivity contribution in [1.29, 1.82) is 0 Å². The first kappa shape index (κ1) is 15.6. The maximum absolute atomic E-state index is 2.45. The average Bonchev–Trinajstić information content (AvgIpc) is 3.13. The van der Waals surface area contributed by atoms with Crippen molar-refractivity contribution < 1.29 is 9.05 Å². The summed E-state index contributed by atoms with van der Waals surface area (Å²) < 4.78 is 6.07. The lowest BCUT2D eigenvalue weighted by Crippen LogP contribution is -2.44. The van der Waals surface area contributed by atoms with Gasteiger partial charge in [-0.25, -0.2) is 4.57 Å². The van der Waals surface area contributed by atoms with Crippen LogP contribution < -0.4 is 4.57 Å². The zero-order chi connectivity index (χ0) is 16.7. The Morgan fingerprint density at radius 1 is 1.08 bits per heavy atom. The Morgan fingerprint density at radius 3 is 2.62 bits per heavy atom. The molecule has 0 amide bonds. The Labute approximate surface area is 144 Å². The Hall–Kier alpha value is -1.87. The Kier molecular flexibility index (Phi) is 3.84. The van der Waals surface area contributed by atoms with Crippen LogP contribution in [0.3, 0.4) is 0 Å². The van der Waals surface area contributed by atoms with Gasteiger partial charge in [0.2, 0.25) is 5.69 Å². The van der Waals surface area contributed by atoms with Crippen LogP contribution in [0.5, 0.6) is 0 Å². The summed E-state index contributed by atoms with van der Waals surface area (Å²) in [6, 6.07) is 11.0. The summed E-state index contributed by atoms with van der Waals surface area (Å²) >= 11 is 0. The molecule has 0 radical (unpaired) electrons. The second-order valence-corrected chi connectivity index (χ2v) is 7.78. The standard InChI is InChI=1S/C21H29N3/c1-17-21-19(18-9-4-5-10-20(18)22(21)2)11-13-23(17)12-8-16-24(3)14-6-7-15-24/h4-5,9-11,13H,6-8,12,14-16H2,1-3H3/q+2. The summed E-state index contributed by atoms with van der Waals surface area (Å²) in [6.45, 7) is 7.43. The quantitative estimate of drug-likeness (QED) is 0.513. The number of hydrogen-bond acceptors (Lipinski definition) is 0. The van der Waals surface area contributed by atoms with Crippen molar-refractivity contribution in [1.82, 2.24) is 4.57 Å². The Bertz CT molecular complexity index is 885. The third kappa shape index (κ3) is 2.51. The van der Waals surface area contributed by atoms with Crippen LogP contribution in [0.4, 0.5) is 0 Å². The Balaban J connectivity index is 1.63. The minimum absolute atomic E-state index is 1.12. The van der Waals surface area contributed by atoms with Crippen molar-refractivity contribution in [2.45, 2.75) is 32.7 Å². The Morgan fingerprint density at radius 2 is 1.83 bits per heavy atom. The zero-order valence-electron chi connectivity index (χ0n) is 15.3. The second kappa shape index (κ2) is 5.89. The number of para-hydroxylation sites is 1. The molecule has 0 atom stereocenters. The number of benzene rings is 1. The fourth-order valence-corrected chi connectivity index (χ4v) is 4.63. The van der Waals surface area contributed by atoms with E-state index in [0.717, 1.165) is 6.54 Å². The minimum Gasteiger partial charge on any atom is -0.338 e. The van der Waals surface area contributed by atoms with Crippen LogP contribution in [0, 0.1) is 6.92 Å². The van der Waals surface area contributed by atoms with Crippen molar-refractivity contribution in [3.8, 4) is 0 Å². The van der Waals surface area contributed by atoms with E-state index in [9.17, 15) is 0 Å². The van der Waals surface area contributed by atoms with Crippen molar-refractivity contribution in [3.05, 3.63) is 42.2 Å². The van der Waals surface area contributed by atoms with Gasteiger partial charge in [0.25, 0.3) is 0 Å². The topological polar surface area (TPSA) is 8.81 Å². The second-order valence-electron chi connectivity index (χ2n) is 7.78. The van der Waals surface area contributed by atoms with Crippen LogP contribution >= 0.6 is 0 Å². The van der Waals surface area contributed by atoms with Gasteiger partial charge in [-0.3, -0.25) is 0 Å². The molecule has 126 valence electrons. The highest BCUT2D eigenvalue weighted by Crippen LogP contribution is 2.28. The van der Waals surface area contributed by atoms with Crippen LogP contribution in [-0.2, 0) is 13.6 Å². The van der Waals surface area contributed by atoms with Crippen LogP contribution in [0.1, 0.15) is 25.0 Å². The number of aryl methyl sites for hydroxylation is 3. The molecular weight excluding hydrogens is 294 g/mol. The van der Waals surface area contributed by atoms with Gasteiger partial charge in [0.15, 0.2) is 12.7 Å². The molecule has 0 N–H and O–H groups in total. The highest BCUT2D eigenvalue weighted by atomic mass is 15.3. The van der Waals surface area contributed by atoms with E-state index in [4.69, 9.17) is 0 Å². The minimum atomic E-state index is 1.12. The number of pyridine rings is 1. The monoisotopic (exact) mass is 323 g/mol. The fourth-order valence-electron chi connectivity index (χ4n) is 4.63. The van der Waals surface area contributed by atoms with Crippen LogP contribution in [0.15, 0.2) is 36.5 Å². The van der Waals surface area contributed by atoms with Crippen molar-refractivity contribution >= 4 is 21.8 Å². The lowest BCUT2D eigenvalue weighted by Gasteiger charge is -2.28. The third-order valence-electron chi connectivity index (χ3n) is 6.08. The van der Waals surface area contributed by atoms with E-state index in [0.29, 0.717) is 0 Å². The molecule has 0 saturated carbocycles. The first-order valence-corrected chi connectivity index (χ1v) is 9.29. The lowest BCUT2D eigenvalue weighted by atomic mass is 10.1. The lowest BCUT2D eigenvalue weighted by molar-refractivity contribution is -0.900. The number of nitrogens with zero attached hydrogens (tertiary/aromatic N) is 3. The zero-order valence-corrected chi connectivity index (χ0v) is 15.3. The van der Waals surface area contributed by atoms with E-state index in [1.165, 1.54) is 70.9 Å². The fraction of sp³-hybridized carbons (Fsp3) is 0.476. The molecule has 3 heteroatoms. The molecule has 3 nitrogen and oxygen atoms in total. The molecule has 0 bridgehead atoms. The van der Waals surface area contributed by atoms with Gasteiger partial charge >= 0.3 is 0 Å². The van der Waals surface area contributed by atoms with E-state index < -0.39 is 0 Å². The van der Waals surface area contributed by atoms with Gasteiger partial charge in [-0.1, -0.05) is 18.2 Å². The van der Waals surface area contributed by atoms with Crippen molar-refractivity contribution in [2.24, 2.45) is 7.05 Å². The third-order valence-corrected chi connectivity index (χ3v) is 6.08. The van der Waals surface area contributed by atoms with Crippen LogP contribution in [0.2, 0.25) is 0 Å². The van der Waals surface area contributed by atoms with Gasteiger partial charge in [0.05, 0.1) is 33.1 Å². The maximum atomic E-state index is 2.45. The van der Waals surface area contributed by atoms with E-state index in [2.05, 4.69) is 66.7 Å². The SMILES string of the molecule is Cc1c2c(cc[n+]1CCC[N+]1(C)CCCC1)c1ccccc1n2C. The highest BCUT2D eigenvalue weighted by Gasteiger charge is 2.27. The normalized spacial score (nSPS) is 17.1. The van der Waals surface area contributed by atoms with Gasteiger partial charge in [0, 0.05) is 49.2 Å². The molecule has 24 heavy (non-hydrogen) atoms. The maximum Gasteiger partial charge on any atom is 0.202 e. The molecular formula is C21H29N3+2. The molecule has 0 unspecified atom stereocenters. The van der Waals surface area contributed by atoms with E-state index in [-0.39, 0.29) is 0 Å². The molecule has 4 rings (SSSR count). The highest BCUT2D eigenvalue weighted by molar-refractivity contribution is 6.08. The number of likely N-dealkylation sites (tertiary alicyclic amines) is 1. The van der Waals surface area contributed by atoms with Gasteiger partial charge in [-0.15, -0.1) is 0 Å². The van der Waals surface area contributed by atoms with Crippen molar-refractivity contribution in [2.75, 3.05) is 26.7 Å². The summed E-state index contributed by atoms with van der Waals surface area (Å²) in [5.41, 5.74) is 4.08. The molecule has 2 aromatic heterocycles. The smallest absolute Gasteiger partial charge is 0.202 e. The molecule has 1 fully saturated rings. The van der Waals surface area contributed by atoms with Crippen LogP contribution in [-0.4, -0.2) is 35.7 Å². The average molecular weight is 323 g/mol. The number of rotatable bonds is 4. The summed E-state index contributed by atoms with van der Waals surface area (Å²) in [4.78, 5) is 0. The largest absolute Gasteiger partial charge is 0.338 e. The summed E-state index contributed by atoms with van der Waals surface area (Å²) in [5.74, 6) is 0. The predicted octanol–water partition coefficient (Wildman–Crippen LogP) is 3.56. The summed E-state index contributed by atoms with van der Waals surface area (Å²) in [5, 5.41) is 2.74. The molecule has 1 saturated heterocycles. The number of aromatic nitrogens is 2. The van der Waals surface area contributed by atoms with E-state index in [1.54, 1.807) is 0 Å². The first-order valence-electron chi connectivity index (χ1n) is 9.29.